The second kappa shape index (κ2) is 8.39. The van der Waals surface area contributed by atoms with E-state index in [2.05, 4.69) is 45.9 Å². The van der Waals surface area contributed by atoms with E-state index in [0.29, 0.717) is 6.04 Å². The Labute approximate surface area is 177 Å². The first-order valence-corrected chi connectivity index (χ1v) is 11.1. The van der Waals surface area contributed by atoms with E-state index in [9.17, 15) is 0 Å². The van der Waals surface area contributed by atoms with Gasteiger partial charge < -0.3 is 20.4 Å². The molecule has 4 nitrogen and oxygen atoms in total. The number of H-pyrrole nitrogens is 1. The third kappa shape index (κ3) is 4.30. The maximum absolute atomic E-state index is 6.43. The Morgan fingerprint density at radius 2 is 1.97 bits per heavy atom. The monoisotopic (exact) mass is 409 g/mol. The topological polar surface area (TPSA) is 49.1 Å². The van der Waals surface area contributed by atoms with Gasteiger partial charge in [-0.15, -0.1) is 0 Å². The predicted octanol–water partition coefficient (Wildman–Crippen LogP) is 5.23. The number of aromatic amines is 1. The van der Waals surface area contributed by atoms with Gasteiger partial charge in [-0.05, 0) is 80.1 Å². The summed E-state index contributed by atoms with van der Waals surface area (Å²) in [4.78, 5) is 3.65. The molecule has 3 N–H and O–H groups in total. The van der Waals surface area contributed by atoms with E-state index in [0.717, 1.165) is 78.8 Å². The van der Waals surface area contributed by atoms with Crippen molar-refractivity contribution in [2.24, 2.45) is 5.92 Å². The first-order chi connectivity index (χ1) is 14.2. The predicted molar refractivity (Wildman–Crippen MR) is 121 cm³/mol. The average Bonchev–Trinajstić information content (AvgIpc) is 3.39. The summed E-state index contributed by atoms with van der Waals surface area (Å²) in [5.74, 6) is 0.752. The van der Waals surface area contributed by atoms with E-state index in [1.807, 2.05) is 12.1 Å². The van der Waals surface area contributed by atoms with Crippen LogP contribution in [0, 0.1) is 5.92 Å². The van der Waals surface area contributed by atoms with Crippen molar-refractivity contribution in [1.29, 1.82) is 0 Å². The zero-order valence-corrected chi connectivity index (χ0v) is 17.4. The molecule has 0 bridgehead atoms. The van der Waals surface area contributed by atoms with Crippen molar-refractivity contribution in [2.75, 3.05) is 31.6 Å². The van der Waals surface area contributed by atoms with Gasteiger partial charge in [-0.1, -0.05) is 29.8 Å². The summed E-state index contributed by atoms with van der Waals surface area (Å²) in [6.45, 7) is 3.92. The highest BCUT2D eigenvalue weighted by molar-refractivity contribution is 6.32. The minimum Gasteiger partial charge on any atom is -0.381 e. The van der Waals surface area contributed by atoms with Crippen LogP contribution in [0.3, 0.4) is 0 Å². The molecule has 1 unspecified atom stereocenters. The Morgan fingerprint density at radius 1 is 1.07 bits per heavy atom. The molecule has 5 heteroatoms. The van der Waals surface area contributed by atoms with Crippen molar-refractivity contribution in [3.63, 3.8) is 0 Å². The number of nitrogens with one attached hydrogen (secondary N) is 3. The Kier molecular flexibility index (Phi) is 5.49. The van der Waals surface area contributed by atoms with Crippen LogP contribution in [0.1, 0.15) is 24.8 Å². The highest BCUT2D eigenvalue weighted by Gasteiger charge is 2.17. The lowest BCUT2D eigenvalue weighted by Gasteiger charge is -2.24. The van der Waals surface area contributed by atoms with Gasteiger partial charge in [0.15, 0.2) is 0 Å². The Morgan fingerprint density at radius 3 is 2.79 bits per heavy atom. The number of halogens is 1. The van der Waals surface area contributed by atoms with E-state index < -0.39 is 0 Å². The molecule has 2 aromatic carbocycles. The summed E-state index contributed by atoms with van der Waals surface area (Å²) < 4.78 is 5.49. The van der Waals surface area contributed by atoms with Crippen LogP contribution in [0.4, 0.5) is 5.69 Å². The first-order valence-electron chi connectivity index (χ1n) is 10.7. The number of anilines is 1. The van der Waals surface area contributed by atoms with Crippen LogP contribution < -0.4 is 10.6 Å². The summed E-state index contributed by atoms with van der Waals surface area (Å²) in [6.07, 6.45) is 4.47. The molecule has 0 radical (unpaired) electrons. The molecule has 29 heavy (non-hydrogen) atoms. The third-order valence-corrected chi connectivity index (χ3v) is 6.42. The molecule has 0 amide bonds. The molecule has 1 aromatic heterocycles. The fourth-order valence-corrected chi connectivity index (χ4v) is 4.85. The fourth-order valence-electron chi connectivity index (χ4n) is 4.63. The number of hydrogen-bond donors (Lipinski definition) is 3. The molecule has 3 heterocycles. The Hall–Kier alpha value is -2.01. The van der Waals surface area contributed by atoms with Crippen LogP contribution in [0.15, 0.2) is 42.5 Å². The van der Waals surface area contributed by atoms with Crippen molar-refractivity contribution in [1.82, 2.24) is 10.3 Å². The van der Waals surface area contributed by atoms with Gasteiger partial charge in [0.25, 0.3) is 0 Å². The molecule has 3 aromatic rings. The fraction of sp³-hybridized carbons (Fsp3) is 0.417. The quantitative estimate of drug-likeness (QED) is 0.540. The second-order valence-corrected chi connectivity index (χ2v) is 8.83. The van der Waals surface area contributed by atoms with Crippen LogP contribution in [0.25, 0.3) is 22.2 Å². The van der Waals surface area contributed by atoms with Crippen molar-refractivity contribution < 1.29 is 4.74 Å². The molecule has 5 rings (SSSR count). The number of hydrogen-bond acceptors (Lipinski definition) is 3. The zero-order valence-electron chi connectivity index (χ0n) is 16.6. The van der Waals surface area contributed by atoms with E-state index in [1.165, 1.54) is 17.5 Å². The lowest BCUT2D eigenvalue weighted by atomic mass is 9.97. The van der Waals surface area contributed by atoms with E-state index in [1.54, 1.807) is 0 Å². The molecule has 2 aliphatic rings. The second-order valence-electron chi connectivity index (χ2n) is 8.39. The Bertz CT molecular complexity index is 987. The Balaban J connectivity index is 1.44. The lowest BCUT2D eigenvalue weighted by Crippen LogP contribution is -2.27. The van der Waals surface area contributed by atoms with Gasteiger partial charge in [-0.25, -0.2) is 0 Å². The van der Waals surface area contributed by atoms with Crippen LogP contribution in [0.5, 0.6) is 0 Å². The average molecular weight is 410 g/mol. The van der Waals surface area contributed by atoms with Crippen molar-refractivity contribution in [3.8, 4) is 11.3 Å². The van der Waals surface area contributed by atoms with Gasteiger partial charge in [0, 0.05) is 35.4 Å². The third-order valence-electron chi connectivity index (χ3n) is 6.20. The summed E-state index contributed by atoms with van der Waals surface area (Å²) in [6, 6.07) is 15.7. The number of fused-ring (bicyclic) bond motifs is 1. The molecule has 0 saturated carbocycles. The zero-order chi connectivity index (χ0) is 19.6. The summed E-state index contributed by atoms with van der Waals surface area (Å²) >= 11 is 6.43. The van der Waals surface area contributed by atoms with Gasteiger partial charge in [-0.2, -0.15) is 0 Å². The minimum absolute atomic E-state index is 0.431. The van der Waals surface area contributed by atoms with Crippen molar-refractivity contribution >= 4 is 28.2 Å². The van der Waals surface area contributed by atoms with Gasteiger partial charge in [0.1, 0.15) is 0 Å². The van der Waals surface area contributed by atoms with Gasteiger partial charge in [-0.3, -0.25) is 0 Å². The van der Waals surface area contributed by atoms with Crippen LogP contribution in [-0.2, 0) is 11.2 Å². The van der Waals surface area contributed by atoms with Gasteiger partial charge in [0.05, 0.1) is 11.2 Å². The molecule has 152 valence electrons. The first kappa shape index (κ1) is 19.0. The van der Waals surface area contributed by atoms with E-state index >= 15 is 0 Å². The van der Waals surface area contributed by atoms with Gasteiger partial charge in [0.2, 0.25) is 0 Å². The maximum atomic E-state index is 6.43. The van der Waals surface area contributed by atoms with Crippen molar-refractivity contribution in [3.05, 3.63) is 53.1 Å². The highest BCUT2D eigenvalue weighted by atomic mass is 35.5. The standard InChI is InChI=1S/C24H28ClN3O/c25-20-12-19-13-22(18-3-1-2-16(11-18)10-17-4-7-26-15-17)28-24(19)23(14-20)27-21-5-8-29-9-6-21/h1-3,11-14,17,21,26-28H,4-10,15H2. The molecule has 2 aliphatic heterocycles. The summed E-state index contributed by atoms with van der Waals surface area (Å²) in [5, 5.41) is 9.06. The summed E-state index contributed by atoms with van der Waals surface area (Å²) in [5.41, 5.74) is 6.00. The molecule has 0 spiro atoms. The molecule has 2 saturated heterocycles. The number of rotatable bonds is 5. The largest absolute Gasteiger partial charge is 0.381 e. The minimum atomic E-state index is 0.431. The smallest absolute Gasteiger partial charge is 0.0695 e. The summed E-state index contributed by atoms with van der Waals surface area (Å²) in [7, 11) is 0. The van der Waals surface area contributed by atoms with Crippen LogP contribution in [-0.4, -0.2) is 37.3 Å². The number of benzene rings is 2. The SMILES string of the molecule is Clc1cc(NC2CCOCC2)c2[nH]c(-c3cccc(CC4CCNC4)c3)cc2c1. The molecule has 0 aliphatic carbocycles. The van der Waals surface area contributed by atoms with Crippen molar-refractivity contribution in [2.45, 2.75) is 31.7 Å². The maximum Gasteiger partial charge on any atom is 0.0695 e. The lowest BCUT2D eigenvalue weighted by molar-refractivity contribution is 0.0905. The molecular weight excluding hydrogens is 382 g/mol. The normalized spacial score (nSPS) is 20.4. The molecule has 2 fully saturated rings. The highest BCUT2D eigenvalue weighted by Crippen LogP contribution is 2.33. The molecule has 1 atom stereocenters. The van der Waals surface area contributed by atoms with Crippen LogP contribution >= 0.6 is 11.6 Å². The molecular formula is C24H28ClN3O. The van der Waals surface area contributed by atoms with Gasteiger partial charge >= 0.3 is 0 Å². The number of aromatic nitrogens is 1. The number of ether oxygens (including phenoxy) is 1. The van der Waals surface area contributed by atoms with E-state index in [4.69, 9.17) is 16.3 Å². The van der Waals surface area contributed by atoms with Crippen LogP contribution in [0.2, 0.25) is 5.02 Å². The van der Waals surface area contributed by atoms with E-state index in [-0.39, 0.29) is 0 Å².